The van der Waals surface area contributed by atoms with E-state index in [0.717, 1.165) is 22.3 Å². The fourth-order valence-corrected chi connectivity index (χ4v) is 6.13. The lowest BCUT2D eigenvalue weighted by Crippen LogP contribution is -2.31. The molecule has 0 bridgehead atoms. The van der Waals surface area contributed by atoms with Gasteiger partial charge in [0.1, 0.15) is 60.8 Å². The van der Waals surface area contributed by atoms with Gasteiger partial charge in [-0.2, -0.15) is 0 Å². The molecule has 0 aliphatic rings. The van der Waals surface area contributed by atoms with Crippen LogP contribution in [-0.2, 0) is 54.6 Å². The van der Waals surface area contributed by atoms with Crippen LogP contribution in [0.4, 0.5) is 9.59 Å². The molecule has 5 aromatic rings. The highest BCUT2D eigenvalue weighted by Crippen LogP contribution is 2.20. The van der Waals surface area contributed by atoms with E-state index in [4.69, 9.17) is 47.4 Å². The van der Waals surface area contributed by atoms with E-state index in [1.54, 1.807) is 38.2 Å². The van der Waals surface area contributed by atoms with Crippen molar-refractivity contribution in [2.45, 2.75) is 26.2 Å². The molecule has 4 aromatic carbocycles. The van der Waals surface area contributed by atoms with Gasteiger partial charge in [-0.05, 0) is 82.9 Å². The first-order valence-corrected chi connectivity index (χ1v) is 21.0. The summed E-state index contributed by atoms with van der Waals surface area (Å²) >= 11 is 0. The maximum atomic E-state index is 13.1. The lowest BCUT2D eigenvalue weighted by molar-refractivity contribution is 0.0187. The number of hydrogen-bond acceptors (Lipinski definition) is 15. The normalized spacial score (nSPS) is 10.6. The summed E-state index contributed by atoms with van der Waals surface area (Å²) in [7, 11) is 6.35. The molecule has 1 heterocycles. The van der Waals surface area contributed by atoms with Crippen LogP contribution in [-0.4, -0.2) is 120 Å². The summed E-state index contributed by atoms with van der Waals surface area (Å²) in [4.78, 5) is 58.8. The third-order valence-corrected chi connectivity index (χ3v) is 9.64. The van der Waals surface area contributed by atoms with Crippen molar-refractivity contribution in [3.8, 4) is 23.0 Å². The van der Waals surface area contributed by atoms with Crippen LogP contribution in [0.25, 0.3) is 0 Å². The van der Waals surface area contributed by atoms with Crippen molar-refractivity contribution in [3.63, 3.8) is 0 Å². The number of esters is 2. The zero-order chi connectivity index (χ0) is 46.9. The van der Waals surface area contributed by atoms with E-state index in [1.165, 1.54) is 18.2 Å². The average molecular weight is 910 g/mol. The number of carbonyl (C=O) groups excluding carboxylic acids is 4. The summed E-state index contributed by atoms with van der Waals surface area (Å²) in [6.45, 7) is 1.09. The van der Waals surface area contributed by atoms with E-state index in [1.807, 2.05) is 97.1 Å². The van der Waals surface area contributed by atoms with Gasteiger partial charge in [-0.3, -0.25) is 9.80 Å². The van der Waals surface area contributed by atoms with Gasteiger partial charge in [0.15, 0.2) is 0 Å². The molecule has 0 aliphatic heterocycles. The number of ether oxygens (including phenoxy) is 10. The van der Waals surface area contributed by atoms with Gasteiger partial charge in [0.25, 0.3) is 0 Å². The topological polar surface area (TPSA) is 180 Å². The van der Waals surface area contributed by atoms with E-state index >= 15 is 0 Å². The fraction of sp³-hybridized carbons (Fsp3) is 0.327. The van der Waals surface area contributed by atoms with Gasteiger partial charge in [0, 0.05) is 26.2 Å². The van der Waals surface area contributed by atoms with Gasteiger partial charge in [0.05, 0.1) is 54.9 Å². The highest BCUT2D eigenvalue weighted by Gasteiger charge is 2.19. The van der Waals surface area contributed by atoms with Crippen molar-refractivity contribution < 1.29 is 66.5 Å². The number of nitrogens with zero attached hydrogens (tertiary/aromatic N) is 3. The number of aromatic nitrogens is 1. The molecule has 0 saturated heterocycles. The summed E-state index contributed by atoms with van der Waals surface area (Å²) < 4.78 is 53.5. The fourth-order valence-electron chi connectivity index (χ4n) is 6.13. The molecule has 0 unspecified atom stereocenters. The van der Waals surface area contributed by atoms with E-state index in [2.05, 4.69) is 4.98 Å². The summed E-state index contributed by atoms with van der Waals surface area (Å²) in [6.07, 6.45) is -1.06. The number of carbonyl (C=O) groups is 4. The van der Waals surface area contributed by atoms with Gasteiger partial charge in [-0.25, -0.2) is 24.2 Å². The minimum Gasteiger partial charge on any atom is -0.497 e. The smallest absolute Gasteiger partial charge is 0.410 e. The zero-order valence-electron chi connectivity index (χ0n) is 37.5. The molecule has 1 aromatic heterocycles. The van der Waals surface area contributed by atoms with Crippen molar-refractivity contribution in [2.24, 2.45) is 0 Å². The monoisotopic (exact) mass is 909 g/mol. The molecule has 350 valence electrons. The number of benzene rings is 4. The Bertz CT molecular complexity index is 2000. The lowest BCUT2D eigenvalue weighted by Gasteiger charge is -2.23. The molecule has 0 aliphatic carbocycles. The van der Waals surface area contributed by atoms with Crippen LogP contribution < -0.4 is 18.9 Å². The first-order valence-electron chi connectivity index (χ1n) is 21.0. The molecule has 66 heavy (non-hydrogen) atoms. The lowest BCUT2D eigenvalue weighted by atomic mass is 10.1. The van der Waals surface area contributed by atoms with Crippen molar-refractivity contribution >= 4 is 24.1 Å². The third kappa shape index (κ3) is 16.6. The Morgan fingerprint density at radius 3 is 0.924 bits per heavy atom. The van der Waals surface area contributed by atoms with Gasteiger partial charge < -0.3 is 47.4 Å². The Balaban J connectivity index is 0.967. The number of hydrogen-bond donors (Lipinski definition) is 0. The van der Waals surface area contributed by atoms with E-state index in [0.29, 0.717) is 49.2 Å². The summed E-state index contributed by atoms with van der Waals surface area (Å²) in [6, 6.07) is 33.9. The molecule has 0 atom stereocenters. The number of pyridine rings is 1. The maximum absolute atomic E-state index is 13.1. The van der Waals surface area contributed by atoms with Crippen LogP contribution in [0.1, 0.15) is 43.2 Å². The molecule has 5 rings (SSSR count). The van der Waals surface area contributed by atoms with Gasteiger partial charge in [0.2, 0.25) is 0 Å². The first-order chi connectivity index (χ1) is 32.2. The van der Waals surface area contributed by atoms with Crippen LogP contribution in [0.15, 0.2) is 115 Å². The summed E-state index contributed by atoms with van der Waals surface area (Å²) in [5, 5.41) is 0. The minimum atomic E-state index is -0.767. The second-order valence-corrected chi connectivity index (χ2v) is 14.2. The predicted molar refractivity (Wildman–Crippen MR) is 240 cm³/mol. The zero-order valence-corrected chi connectivity index (χ0v) is 37.5. The average Bonchev–Trinajstić information content (AvgIpc) is 3.35. The van der Waals surface area contributed by atoms with Crippen molar-refractivity contribution in [2.75, 3.05) is 81.3 Å². The second-order valence-electron chi connectivity index (χ2n) is 14.2. The number of amides is 2. The van der Waals surface area contributed by atoms with Gasteiger partial charge >= 0.3 is 24.1 Å². The van der Waals surface area contributed by atoms with E-state index < -0.39 is 24.1 Å². The van der Waals surface area contributed by atoms with Crippen LogP contribution in [0.5, 0.6) is 23.0 Å². The molecular weight excluding hydrogens is 855 g/mol. The Morgan fingerprint density at radius 1 is 0.379 bits per heavy atom. The second kappa shape index (κ2) is 27.1. The summed E-state index contributed by atoms with van der Waals surface area (Å²) in [5.41, 5.74) is 3.37. The molecule has 0 N–H and O–H groups in total. The number of rotatable bonds is 26. The predicted octanol–water partition coefficient (Wildman–Crippen LogP) is 7.14. The largest absolute Gasteiger partial charge is 0.497 e. The molecular formula is C49H55N3O14. The van der Waals surface area contributed by atoms with Crippen molar-refractivity contribution in [1.29, 1.82) is 0 Å². The van der Waals surface area contributed by atoms with Crippen LogP contribution in [0.2, 0.25) is 0 Å². The molecule has 17 heteroatoms. The van der Waals surface area contributed by atoms with Crippen LogP contribution in [0.3, 0.4) is 0 Å². The molecule has 0 radical (unpaired) electrons. The highest BCUT2D eigenvalue weighted by molar-refractivity contribution is 5.91. The highest BCUT2D eigenvalue weighted by atomic mass is 16.6. The minimum absolute atomic E-state index is 0.0251. The molecule has 2 amide bonds. The number of methoxy groups -OCH3 is 4. The van der Waals surface area contributed by atoms with E-state index in [-0.39, 0.29) is 64.2 Å². The van der Waals surface area contributed by atoms with Gasteiger partial charge in [-0.15, -0.1) is 0 Å². The quantitative estimate of drug-likeness (QED) is 0.0310. The SMILES string of the molecule is COc1ccc(CN(Cc2ccc(OC)cc2)C(=O)OCCOCCOC(=O)c2cccc(C(=O)OCCOCCOC(=O)N(Cc3ccc(OC)cc3)Cc3ccc(OC)cc3)n2)cc1. The standard InChI is InChI=1S/C49H55N3O14/c1-57-40-16-8-36(9-17-40)32-51(33-37-10-18-41(58-2)19-11-37)48(55)65-30-26-61-24-28-63-46(53)44-6-5-7-45(50-44)47(54)64-29-25-62-27-31-66-49(56)52(34-38-12-20-42(59-3)21-13-38)35-39-14-22-43(60-4)23-15-39/h5-23H,24-35H2,1-4H3. The molecule has 0 spiro atoms. The van der Waals surface area contributed by atoms with Crippen LogP contribution >= 0.6 is 0 Å². The third-order valence-electron chi connectivity index (χ3n) is 9.64. The van der Waals surface area contributed by atoms with Crippen molar-refractivity contribution in [3.05, 3.63) is 149 Å². The van der Waals surface area contributed by atoms with Gasteiger partial charge in [-0.1, -0.05) is 54.6 Å². The molecule has 0 fully saturated rings. The van der Waals surface area contributed by atoms with Crippen LogP contribution in [0, 0.1) is 0 Å². The summed E-state index contributed by atoms with van der Waals surface area (Å²) in [5.74, 6) is 1.29. The Labute approximate surface area is 383 Å². The van der Waals surface area contributed by atoms with Crippen molar-refractivity contribution in [1.82, 2.24) is 14.8 Å². The maximum Gasteiger partial charge on any atom is 0.410 e. The van der Waals surface area contributed by atoms with E-state index in [9.17, 15) is 19.2 Å². The Kier molecular flexibility index (Phi) is 20.4. The Morgan fingerprint density at radius 2 is 0.652 bits per heavy atom. The first kappa shape index (κ1) is 49.6. The Hall–Kier alpha value is -7.37. The molecule has 17 nitrogen and oxygen atoms in total. The molecule has 0 saturated carbocycles.